The van der Waals surface area contributed by atoms with Crippen LogP contribution in [0.25, 0.3) is 0 Å². The average molecular weight is 381 g/mol. The third kappa shape index (κ3) is 3.70. The molecule has 2 fully saturated rings. The Morgan fingerprint density at radius 2 is 2.16 bits per heavy atom. The van der Waals surface area contributed by atoms with Crippen LogP contribution < -0.4 is 10.6 Å². The highest BCUT2D eigenvalue weighted by Crippen LogP contribution is 2.45. The summed E-state index contributed by atoms with van der Waals surface area (Å²) in [6.45, 7) is 1.79. The first-order chi connectivity index (χ1) is 12.0. The van der Waals surface area contributed by atoms with E-state index < -0.39 is 15.7 Å². The van der Waals surface area contributed by atoms with E-state index in [1.54, 1.807) is 17.0 Å². The summed E-state index contributed by atoms with van der Waals surface area (Å²) in [5.74, 6) is -0.629. The minimum Gasteiger partial charge on any atom is -0.381 e. The van der Waals surface area contributed by atoms with Gasteiger partial charge in [-0.05, 0) is 49.4 Å². The first-order valence-electron chi connectivity index (χ1n) is 8.43. The van der Waals surface area contributed by atoms with Gasteiger partial charge >= 0.3 is 0 Å². The molecule has 8 heteroatoms. The normalized spacial score (nSPS) is 20.8. The van der Waals surface area contributed by atoms with Gasteiger partial charge in [-0.3, -0.25) is 0 Å². The molecule has 2 aromatic rings. The van der Waals surface area contributed by atoms with E-state index in [2.05, 4.69) is 15.6 Å². The molecule has 2 N–H and O–H groups in total. The Bertz CT molecular complexity index is 858. The fraction of sp³-hybridized carbons (Fsp3) is 0.471. The van der Waals surface area contributed by atoms with Gasteiger partial charge < -0.3 is 10.6 Å². The largest absolute Gasteiger partial charge is 0.381 e. The predicted molar refractivity (Wildman–Crippen MR) is 96.3 cm³/mol. The van der Waals surface area contributed by atoms with Gasteiger partial charge in [0.1, 0.15) is 10.7 Å². The third-order valence-corrected chi connectivity index (χ3v) is 6.99. The van der Waals surface area contributed by atoms with Crippen LogP contribution in [0, 0.1) is 5.82 Å². The lowest BCUT2D eigenvalue weighted by atomic mass is 10.1. The second-order valence-electron chi connectivity index (χ2n) is 6.72. The van der Waals surface area contributed by atoms with Crippen molar-refractivity contribution in [2.24, 2.45) is 0 Å². The molecule has 0 radical (unpaired) electrons. The number of sulfone groups is 1. The quantitative estimate of drug-likeness (QED) is 0.805. The van der Waals surface area contributed by atoms with Crippen LogP contribution in [0.1, 0.15) is 36.4 Å². The zero-order valence-corrected chi connectivity index (χ0v) is 15.3. The van der Waals surface area contributed by atoms with Crippen molar-refractivity contribution in [2.75, 3.05) is 18.4 Å². The molecular weight excluding hydrogens is 361 g/mol. The standard InChI is InChI=1S/C17H20FN3O2S2/c18-15-6-16(21-12-3-4-19-7-12)14(11-1-2-11)5-17(15)25(22,23)9-13-8-24-10-20-13/h5-6,8,10-12,19,21H,1-4,7,9H2/t12-/m0/s1. The van der Waals surface area contributed by atoms with Crippen LogP contribution in [0.5, 0.6) is 0 Å². The van der Waals surface area contributed by atoms with E-state index in [9.17, 15) is 12.8 Å². The number of halogens is 1. The Morgan fingerprint density at radius 3 is 2.80 bits per heavy atom. The molecule has 4 rings (SSSR count). The van der Waals surface area contributed by atoms with E-state index >= 15 is 0 Å². The van der Waals surface area contributed by atoms with Crippen molar-refractivity contribution in [3.63, 3.8) is 0 Å². The topological polar surface area (TPSA) is 71.1 Å². The first kappa shape index (κ1) is 16.9. The van der Waals surface area contributed by atoms with E-state index in [0.29, 0.717) is 11.6 Å². The Balaban J connectivity index is 1.67. The monoisotopic (exact) mass is 381 g/mol. The van der Waals surface area contributed by atoms with Gasteiger partial charge in [-0.2, -0.15) is 0 Å². The molecule has 1 atom stereocenters. The van der Waals surface area contributed by atoms with Crippen molar-refractivity contribution in [3.05, 3.63) is 40.1 Å². The number of hydrogen-bond acceptors (Lipinski definition) is 6. The van der Waals surface area contributed by atoms with Gasteiger partial charge in [0.2, 0.25) is 0 Å². The number of thiazole rings is 1. The Kier molecular flexibility index (Phi) is 4.51. The number of anilines is 1. The highest BCUT2D eigenvalue weighted by Gasteiger charge is 2.31. The van der Waals surface area contributed by atoms with Gasteiger partial charge in [0.15, 0.2) is 9.84 Å². The van der Waals surface area contributed by atoms with Gasteiger partial charge in [0, 0.05) is 23.7 Å². The fourth-order valence-corrected chi connectivity index (χ4v) is 5.27. The fourth-order valence-electron chi connectivity index (χ4n) is 3.24. The predicted octanol–water partition coefficient (Wildman–Crippen LogP) is 2.91. The number of benzene rings is 1. The Labute approximate surface area is 150 Å². The first-order valence-corrected chi connectivity index (χ1v) is 11.0. The number of aromatic nitrogens is 1. The lowest BCUT2D eigenvalue weighted by Gasteiger charge is -2.18. The van der Waals surface area contributed by atoms with Gasteiger partial charge in [0.25, 0.3) is 0 Å². The van der Waals surface area contributed by atoms with E-state index in [1.165, 1.54) is 17.4 Å². The van der Waals surface area contributed by atoms with Crippen LogP contribution in [0.4, 0.5) is 10.1 Å². The molecule has 0 bridgehead atoms. The van der Waals surface area contributed by atoms with Crippen LogP contribution in [0.3, 0.4) is 0 Å². The van der Waals surface area contributed by atoms with E-state index in [-0.39, 0.29) is 16.7 Å². The van der Waals surface area contributed by atoms with Crippen LogP contribution in [-0.4, -0.2) is 32.5 Å². The summed E-state index contributed by atoms with van der Waals surface area (Å²) < 4.78 is 40.0. The molecule has 5 nitrogen and oxygen atoms in total. The molecule has 0 unspecified atom stereocenters. The molecular formula is C17H20FN3O2S2. The van der Waals surface area contributed by atoms with Gasteiger partial charge in [-0.1, -0.05) is 0 Å². The highest BCUT2D eigenvalue weighted by molar-refractivity contribution is 7.90. The molecule has 1 aliphatic carbocycles. The summed E-state index contributed by atoms with van der Waals surface area (Å²) in [5, 5.41) is 8.34. The lowest BCUT2D eigenvalue weighted by Crippen LogP contribution is -2.23. The minimum absolute atomic E-state index is 0.211. The van der Waals surface area contributed by atoms with Gasteiger partial charge in [0.05, 0.1) is 17.0 Å². The molecule has 134 valence electrons. The summed E-state index contributed by atoms with van der Waals surface area (Å²) in [6, 6.07) is 3.16. The van der Waals surface area contributed by atoms with E-state index in [4.69, 9.17) is 0 Å². The average Bonchev–Trinajstić information content (AvgIpc) is 3.04. The van der Waals surface area contributed by atoms with Crippen molar-refractivity contribution in [3.8, 4) is 0 Å². The van der Waals surface area contributed by atoms with Crippen LogP contribution in [0.15, 0.2) is 27.9 Å². The summed E-state index contributed by atoms with van der Waals surface area (Å²) in [5.41, 5.74) is 3.70. The molecule has 1 saturated heterocycles. The highest BCUT2D eigenvalue weighted by atomic mass is 32.2. The zero-order valence-electron chi connectivity index (χ0n) is 13.7. The van der Waals surface area contributed by atoms with Crippen LogP contribution in [-0.2, 0) is 15.6 Å². The van der Waals surface area contributed by atoms with Gasteiger partial charge in [-0.15, -0.1) is 11.3 Å². The maximum Gasteiger partial charge on any atom is 0.187 e. The maximum absolute atomic E-state index is 14.7. The molecule has 1 saturated carbocycles. The van der Waals surface area contributed by atoms with E-state index in [1.807, 2.05) is 0 Å². The summed E-state index contributed by atoms with van der Waals surface area (Å²) in [6.07, 6.45) is 3.03. The number of hydrogen-bond donors (Lipinski definition) is 2. The zero-order chi connectivity index (χ0) is 17.4. The maximum atomic E-state index is 14.7. The summed E-state index contributed by atoms with van der Waals surface area (Å²) >= 11 is 1.33. The van der Waals surface area contributed by atoms with Crippen LogP contribution >= 0.6 is 11.3 Å². The molecule has 25 heavy (non-hydrogen) atoms. The molecule has 1 aromatic carbocycles. The molecule has 1 aliphatic heterocycles. The molecule has 2 heterocycles. The van der Waals surface area contributed by atoms with Crippen LogP contribution in [0.2, 0.25) is 0 Å². The summed E-state index contributed by atoms with van der Waals surface area (Å²) in [4.78, 5) is 3.80. The van der Waals surface area contributed by atoms with Crippen molar-refractivity contribution >= 4 is 26.9 Å². The molecule has 0 amide bonds. The number of rotatable bonds is 6. The third-order valence-electron chi connectivity index (χ3n) is 4.70. The van der Waals surface area contributed by atoms with Crippen molar-refractivity contribution in [1.29, 1.82) is 0 Å². The Morgan fingerprint density at radius 1 is 1.32 bits per heavy atom. The smallest absolute Gasteiger partial charge is 0.187 e. The van der Waals surface area contributed by atoms with E-state index in [0.717, 1.165) is 43.6 Å². The van der Waals surface area contributed by atoms with Crippen molar-refractivity contribution in [1.82, 2.24) is 10.3 Å². The minimum atomic E-state index is -3.76. The van der Waals surface area contributed by atoms with Crippen molar-refractivity contribution in [2.45, 2.75) is 41.9 Å². The second kappa shape index (κ2) is 6.66. The molecule has 0 spiro atoms. The summed E-state index contributed by atoms with van der Waals surface area (Å²) in [7, 11) is -3.76. The number of nitrogens with one attached hydrogen (secondary N) is 2. The van der Waals surface area contributed by atoms with Crippen molar-refractivity contribution < 1.29 is 12.8 Å². The van der Waals surface area contributed by atoms with Gasteiger partial charge in [-0.25, -0.2) is 17.8 Å². The second-order valence-corrected chi connectivity index (χ2v) is 9.39. The lowest BCUT2D eigenvalue weighted by molar-refractivity contribution is 0.565. The number of nitrogens with zero attached hydrogens (tertiary/aromatic N) is 1. The molecule has 1 aromatic heterocycles. The SMILES string of the molecule is O=S(=O)(Cc1cscn1)c1cc(C2CC2)c(N[C@H]2CCNC2)cc1F. The molecule has 2 aliphatic rings. The Hall–Kier alpha value is -1.51.